The van der Waals surface area contributed by atoms with E-state index in [2.05, 4.69) is 5.32 Å². The van der Waals surface area contributed by atoms with Gasteiger partial charge in [-0.3, -0.25) is 0 Å². The highest BCUT2D eigenvalue weighted by Gasteiger charge is 2.33. The van der Waals surface area contributed by atoms with Gasteiger partial charge in [0, 0.05) is 39.0 Å². The summed E-state index contributed by atoms with van der Waals surface area (Å²) in [6.45, 7) is 2.87. The van der Waals surface area contributed by atoms with Crippen molar-refractivity contribution in [3.63, 3.8) is 0 Å². The lowest BCUT2D eigenvalue weighted by molar-refractivity contribution is -0.300. The lowest BCUT2D eigenvalue weighted by atomic mass is 9.80. The summed E-state index contributed by atoms with van der Waals surface area (Å²) in [5.41, 5.74) is -0.699. The van der Waals surface area contributed by atoms with Crippen LogP contribution in [0.2, 0.25) is 5.02 Å². The Kier molecular flexibility index (Phi) is 4.23. The summed E-state index contributed by atoms with van der Waals surface area (Å²) in [5, 5.41) is 25.4. The number of halogens is 2. The molecule has 7 heteroatoms. The third kappa shape index (κ3) is 2.57. The maximum Gasteiger partial charge on any atom is 0.128 e. The fourth-order valence-electron chi connectivity index (χ4n) is 2.61. The molecule has 1 N–H and O–H groups in total. The molecule has 0 radical (unpaired) electrons. The van der Waals surface area contributed by atoms with Crippen LogP contribution < -0.4 is 15.5 Å². The van der Waals surface area contributed by atoms with Gasteiger partial charge in [-0.2, -0.15) is 0 Å². The van der Waals surface area contributed by atoms with Crippen LogP contribution in [0.1, 0.15) is 25.3 Å². The average molecular weight is 324 g/mol. The van der Waals surface area contributed by atoms with Crippen LogP contribution in [0.25, 0.3) is 0 Å². The highest BCUT2D eigenvalue weighted by atomic mass is 35.5. The molecule has 0 aliphatic carbocycles. The number of dihydropyridines is 1. The topological polar surface area (TPSA) is 92.3 Å². The Morgan fingerprint density at radius 1 is 1.14 bits per heavy atom. The molecule has 0 amide bonds. The smallest absolute Gasteiger partial charge is 0.128 e. The highest BCUT2D eigenvalue weighted by Crippen LogP contribution is 2.41. The Morgan fingerprint density at radius 3 is 2.05 bits per heavy atom. The van der Waals surface area contributed by atoms with Crippen molar-refractivity contribution in [3.8, 4) is 0 Å². The number of hydrogen-bond acceptors (Lipinski definition) is 5. The number of rotatable bonds is 3. The number of aliphatic carboxylic acids is 2. The second-order valence-electron chi connectivity index (χ2n) is 4.85. The molecule has 0 saturated heterocycles. The zero-order valence-corrected chi connectivity index (χ0v) is 12.5. The summed E-state index contributed by atoms with van der Waals surface area (Å²) in [5.74, 6) is -5.44. The van der Waals surface area contributed by atoms with E-state index in [1.807, 2.05) is 0 Å². The minimum atomic E-state index is -1.61. The maximum atomic E-state index is 14.2. The van der Waals surface area contributed by atoms with Crippen LogP contribution in [0.15, 0.2) is 40.7 Å². The molecule has 0 bridgehead atoms. The maximum absolute atomic E-state index is 14.2. The Hall–Kier alpha value is -2.34. The standard InChI is InChI=1S/C15H13ClFNO4/c1-6-10(14(19)20)13(11(15(21)22)7(2)18-6)12-8(16)4-3-5-9(12)17/h3-5,13,18H,1-2H3,(H,19,20)(H,21,22)/p-2. The van der Waals surface area contributed by atoms with Gasteiger partial charge in [-0.15, -0.1) is 0 Å². The molecule has 0 fully saturated rings. The Labute approximate surface area is 130 Å². The zero-order chi connectivity index (χ0) is 16.6. The number of carbonyl (C=O) groups excluding carboxylic acids is 2. The quantitative estimate of drug-likeness (QED) is 0.858. The van der Waals surface area contributed by atoms with E-state index < -0.39 is 34.8 Å². The van der Waals surface area contributed by atoms with E-state index in [9.17, 15) is 24.2 Å². The Bertz CT molecular complexity index is 683. The summed E-state index contributed by atoms with van der Waals surface area (Å²) in [6.07, 6.45) is 0. The van der Waals surface area contributed by atoms with Gasteiger partial charge in [-0.25, -0.2) is 4.39 Å². The van der Waals surface area contributed by atoms with E-state index in [0.29, 0.717) is 0 Å². The molecule has 2 rings (SSSR count). The molecule has 1 aromatic rings. The van der Waals surface area contributed by atoms with Crippen LogP contribution in [-0.2, 0) is 9.59 Å². The molecule has 0 spiro atoms. The summed E-state index contributed by atoms with van der Waals surface area (Å²) in [6, 6.07) is 3.77. The van der Waals surface area contributed by atoms with Crippen LogP contribution >= 0.6 is 11.6 Å². The fraction of sp³-hybridized carbons (Fsp3) is 0.200. The second kappa shape index (κ2) is 5.81. The third-order valence-electron chi connectivity index (χ3n) is 3.49. The first-order chi connectivity index (χ1) is 10.3. The number of carboxylic acid groups (broad SMARTS) is 2. The SMILES string of the molecule is CC1=C(C(=O)[O-])C(c2c(F)cccc2Cl)C(C(=O)[O-])=C(C)N1. The van der Waals surface area contributed by atoms with Crippen LogP contribution in [-0.4, -0.2) is 11.9 Å². The third-order valence-corrected chi connectivity index (χ3v) is 3.82. The van der Waals surface area contributed by atoms with Crippen LogP contribution in [0, 0.1) is 5.82 Å². The first-order valence-electron chi connectivity index (χ1n) is 6.30. The highest BCUT2D eigenvalue weighted by molar-refractivity contribution is 6.31. The van der Waals surface area contributed by atoms with Gasteiger partial charge in [0.25, 0.3) is 0 Å². The van der Waals surface area contributed by atoms with Crippen molar-refractivity contribution in [2.75, 3.05) is 0 Å². The van der Waals surface area contributed by atoms with Gasteiger partial charge < -0.3 is 25.1 Å². The van der Waals surface area contributed by atoms with Gasteiger partial charge in [-0.05, 0) is 26.0 Å². The van der Waals surface area contributed by atoms with Gasteiger partial charge in [0.05, 0.1) is 11.9 Å². The zero-order valence-electron chi connectivity index (χ0n) is 11.7. The van der Waals surface area contributed by atoms with Gasteiger partial charge >= 0.3 is 0 Å². The molecular formula is C15H11ClFNO4-2. The Morgan fingerprint density at radius 2 is 1.64 bits per heavy atom. The van der Waals surface area contributed by atoms with E-state index >= 15 is 0 Å². The van der Waals surface area contributed by atoms with Gasteiger partial charge in [-0.1, -0.05) is 17.7 Å². The molecule has 0 atom stereocenters. The minimum Gasteiger partial charge on any atom is -0.545 e. The molecule has 1 aliphatic rings. The van der Waals surface area contributed by atoms with E-state index in [0.717, 1.165) is 6.07 Å². The van der Waals surface area contributed by atoms with Crippen LogP contribution in [0.5, 0.6) is 0 Å². The molecule has 0 aromatic heterocycles. The summed E-state index contributed by atoms with van der Waals surface area (Å²) in [7, 11) is 0. The van der Waals surface area contributed by atoms with Crippen LogP contribution in [0.4, 0.5) is 4.39 Å². The van der Waals surface area contributed by atoms with E-state index in [4.69, 9.17) is 11.6 Å². The van der Waals surface area contributed by atoms with Gasteiger partial charge in [0.2, 0.25) is 0 Å². The predicted molar refractivity (Wildman–Crippen MR) is 72.7 cm³/mol. The van der Waals surface area contributed by atoms with Crippen molar-refractivity contribution < 1.29 is 24.2 Å². The summed E-state index contributed by atoms with van der Waals surface area (Å²) in [4.78, 5) is 22.9. The van der Waals surface area contributed by atoms with Crippen molar-refractivity contribution in [3.05, 3.63) is 57.1 Å². The van der Waals surface area contributed by atoms with Gasteiger partial charge in [0.15, 0.2) is 0 Å². The summed E-state index contributed by atoms with van der Waals surface area (Å²) < 4.78 is 14.2. The number of nitrogens with one attached hydrogen (secondary N) is 1. The molecule has 0 saturated carbocycles. The number of benzene rings is 1. The van der Waals surface area contributed by atoms with E-state index in [1.54, 1.807) is 0 Å². The monoisotopic (exact) mass is 323 g/mol. The number of allylic oxidation sites excluding steroid dienone is 2. The first-order valence-corrected chi connectivity index (χ1v) is 6.68. The fourth-order valence-corrected chi connectivity index (χ4v) is 2.88. The molecule has 116 valence electrons. The molecule has 5 nitrogen and oxygen atoms in total. The minimum absolute atomic E-state index is 0.0787. The van der Waals surface area contributed by atoms with Gasteiger partial charge in [0.1, 0.15) is 5.82 Å². The predicted octanol–water partition coefficient (Wildman–Crippen LogP) is 0.214. The molecule has 1 aromatic carbocycles. The lowest BCUT2D eigenvalue weighted by Gasteiger charge is -2.34. The normalized spacial score (nSPS) is 15.8. The summed E-state index contributed by atoms with van der Waals surface area (Å²) >= 11 is 5.97. The number of carboxylic acids is 2. The number of hydrogen-bond donors (Lipinski definition) is 1. The molecule has 0 unspecified atom stereocenters. The largest absolute Gasteiger partial charge is 0.545 e. The van der Waals surface area contributed by atoms with Crippen molar-refractivity contribution in [2.24, 2.45) is 0 Å². The Balaban J connectivity index is 2.82. The van der Waals surface area contributed by atoms with Crippen molar-refractivity contribution in [1.82, 2.24) is 5.32 Å². The van der Waals surface area contributed by atoms with E-state index in [-0.39, 0.29) is 22.0 Å². The molecule has 22 heavy (non-hydrogen) atoms. The first kappa shape index (κ1) is 16.0. The number of carbonyl (C=O) groups is 2. The van der Waals surface area contributed by atoms with Crippen LogP contribution in [0.3, 0.4) is 0 Å². The second-order valence-corrected chi connectivity index (χ2v) is 5.25. The van der Waals surface area contributed by atoms with E-state index in [1.165, 1.54) is 26.0 Å². The van der Waals surface area contributed by atoms with Crippen molar-refractivity contribution in [2.45, 2.75) is 19.8 Å². The molecular weight excluding hydrogens is 313 g/mol. The van der Waals surface area contributed by atoms with Crippen molar-refractivity contribution >= 4 is 23.5 Å². The molecule has 1 heterocycles. The van der Waals surface area contributed by atoms with Crippen molar-refractivity contribution in [1.29, 1.82) is 0 Å². The average Bonchev–Trinajstić information content (AvgIpc) is 2.36. The molecule has 1 aliphatic heterocycles. The lowest BCUT2D eigenvalue weighted by Crippen LogP contribution is -2.40.